The fourth-order valence-corrected chi connectivity index (χ4v) is 4.56. The molecule has 35 heavy (non-hydrogen) atoms. The van der Waals surface area contributed by atoms with Crippen molar-refractivity contribution in [2.45, 2.75) is 36.6 Å². The molecule has 184 valence electrons. The van der Waals surface area contributed by atoms with Crippen molar-refractivity contribution in [2.75, 3.05) is 16.0 Å². The normalized spacial score (nSPS) is 12.1. The second kappa shape index (κ2) is 11.8. The van der Waals surface area contributed by atoms with Gasteiger partial charge in [-0.1, -0.05) is 42.3 Å². The predicted molar refractivity (Wildman–Crippen MR) is 142 cm³/mol. The quantitative estimate of drug-likeness (QED) is 0.211. The molecule has 1 atom stereocenters. The van der Waals surface area contributed by atoms with E-state index < -0.39 is 22.9 Å². The van der Waals surface area contributed by atoms with E-state index in [-0.39, 0.29) is 10.7 Å². The van der Waals surface area contributed by atoms with Crippen LogP contribution in [0.3, 0.4) is 0 Å². The Morgan fingerprint density at radius 1 is 1.00 bits per heavy atom. The molecule has 0 saturated heterocycles. The van der Waals surface area contributed by atoms with Crippen molar-refractivity contribution in [1.82, 2.24) is 0 Å². The number of rotatable bonds is 7. The molecule has 3 aromatic carbocycles. The van der Waals surface area contributed by atoms with Gasteiger partial charge < -0.3 is 16.0 Å². The number of anilines is 3. The Hall–Kier alpha value is -2.75. The SMILES string of the molecule is CCC(Sc1cccc(NC(=S)Nc2ccc(C)cc2)c1)C(=O)Nc1ccc(Cl)cc1C(F)(F)F. The van der Waals surface area contributed by atoms with Crippen molar-refractivity contribution in [2.24, 2.45) is 0 Å². The Kier molecular flexibility index (Phi) is 9.04. The first-order valence-corrected chi connectivity index (χ1v) is 12.3. The van der Waals surface area contributed by atoms with Gasteiger partial charge in [0, 0.05) is 21.3 Å². The van der Waals surface area contributed by atoms with Crippen LogP contribution in [0.4, 0.5) is 30.2 Å². The Morgan fingerprint density at radius 2 is 1.69 bits per heavy atom. The predicted octanol–water partition coefficient (Wildman–Crippen LogP) is 7.99. The van der Waals surface area contributed by atoms with E-state index in [2.05, 4.69) is 16.0 Å². The zero-order valence-corrected chi connectivity index (χ0v) is 21.3. The van der Waals surface area contributed by atoms with Crippen molar-refractivity contribution in [3.63, 3.8) is 0 Å². The van der Waals surface area contributed by atoms with Crippen LogP contribution in [-0.4, -0.2) is 16.3 Å². The minimum atomic E-state index is -4.65. The maximum Gasteiger partial charge on any atom is 0.418 e. The summed E-state index contributed by atoms with van der Waals surface area (Å²) in [5, 5.41) is 8.35. The molecule has 0 aliphatic heterocycles. The Morgan fingerprint density at radius 3 is 2.34 bits per heavy atom. The van der Waals surface area contributed by atoms with Gasteiger partial charge in [0.05, 0.1) is 16.5 Å². The third-order valence-corrected chi connectivity index (χ3v) is 6.69. The van der Waals surface area contributed by atoms with E-state index in [9.17, 15) is 18.0 Å². The maximum absolute atomic E-state index is 13.4. The highest BCUT2D eigenvalue weighted by atomic mass is 35.5. The molecule has 3 aromatic rings. The third-order valence-electron chi connectivity index (χ3n) is 4.89. The third kappa shape index (κ3) is 7.88. The number of hydrogen-bond acceptors (Lipinski definition) is 3. The van der Waals surface area contributed by atoms with Gasteiger partial charge in [-0.05, 0) is 74.1 Å². The number of halogens is 4. The molecular formula is C25H23ClF3N3OS2. The summed E-state index contributed by atoms with van der Waals surface area (Å²) in [7, 11) is 0. The van der Waals surface area contributed by atoms with Gasteiger partial charge in [0.15, 0.2) is 5.11 Å². The smallest absolute Gasteiger partial charge is 0.332 e. The van der Waals surface area contributed by atoms with Gasteiger partial charge in [-0.3, -0.25) is 4.79 Å². The Labute approximate surface area is 216 Å². The summed E-state index contributed by atoms with van der Waals surface area (Å²) in [6.45, 7) is 3.80. The summed E-state index contributed by atoms with van der Waals surface area (Å²) in [4.78, 5) is 13.6. The van der Waals surface area contributed by atoms with Gasteiger partial charge in [-0.25, -0.2) is 0 Å². The molecule has 0 aromatic heterocycles. The number of amides is 1. The molecule has 0 spiro atoms. The topological polar surface area (TPSA) is 53.2 Å². The van der Waals surface area contributed by atoms with Crippen LogP contribution in [0.5, 0.6) is 0 Å². The molecule has 0 aliphatic rings. The summed E-state index contributed by atoms with van der Waals surface area (Å²) in [6.07, 6.45) is -4.23. The molecule has 3 rings (SSSR count). The number of thiocarbonyl (C=S) groups is 1. The zero-order chi connectivity index (χ0) is 25.6. The van der Waals surface area contributed by atoms with Crippen LogP contribution in [-0.2, 0) is 11.0 Å². The lowest BCUT2D eigenvalue weighted by Gasteiger charge is -2.18. The van der Waals surface area contributed by atoms with E-state index in [4.69, 9.17) is 23.8 Å². The number of hydrogen-bond donors (Lipinski definition) is 3. The summed E-state index contributed by atoms with van der Waals surface area (Å²) in [6, 6.07) is 18.3. The number of alkyl halides is 3. The average molecular weight is 538 g/mol. The van der Waals surface area contributed by atoms with Crippen molar-refractivity contribution in [3.8, 4) is 0 Å². The fraction of sp³-hybridized carbons (Fsp3) is 0.200. The standard InChI is InChI=1S/C25H23ClF3N3OS2/c1-3-22(23(33)32-21-12-9-16(26)13-20(21)25(27,28)29)35-19-6-4-5-18(14-19)31-24(34)30-17-10-7-15(2)8-11-17/h4-14,22H,3H2,1-2H3,(H,32,33)(H2,30,31,34). The Balaban J connectivity index is 1.67. The highest BCUT2D eigenvalue weighted by Crippen LogP contribution is 2.37. The molecule has 3 N–H and O–H groups in total. The van der Waals surface area contributed by atoms with Gasteiger partial charge in [0.25, 0.3) is 0 Å². The minimum Gasteiger partial charge on any atom is -0.332 e. The van der Waals surface area contributed by atoms with E-state index in [1.807, 2.05) is 55.5 Å². The van der Waals surface area contributed by atoms with Crippen LogP contribution in [0.15, 0.2) is 71.6 Å². The minimum absolute atomic E-state index is 0.0594. The maximum atomic E-state index is 13.4. The highest BCUT2D eigenvalue weighted by molar-refractivity contribution is 8.00. The molecule has 0 heterocycles. The number of nitrogens with one attached hydrogen (secondary N) is 3. The van der Waals surface area contributed by atoms with Gasteiger partial charge in [-0.15, -0.1) is 11.8 Å². The van der Waals surface area contributed by atoms with Crippen LogP contribution in [0.2, 0.25) is 5.02 Å². The molecule has 1 amide bonds. The van der Waals surface area contributed by atoms with Gasteiger partial charge >= 0.3 is 6.18 Å². The first kappa shape index (κ1) is 26.8. The molecule has 4 nitrogen and oxygen atoms in total. The van der Waals surface area contributed by atoms with Gasteiger partial charge in [0.2, 0.25) is 5.91 Å². The summed E-state index contributed by atoms with van der Waals surface area (Å²) in [5.41, 5.74) is 1.39. The zero-order valence-electron chi connectivity index (χ0n) is 18.9. The van der Waals surface area contributed by atoms with Gasteiger partial charge in [-0.2, -0.15) is 13.2 Å². The number of carbonyl (C=O) groups is 1. The second-order valence-electron chi connectivity index (χ2n) is 7.66. The molecule has 0 bridgehead atoms. The summed E-state index contributed by atoms with van der Waals surface area (Å²) >= 11 is 12.4. The number of thioether (sulfide) groups is 1. The fourth-order valence-electron chi connectivity index (χ4n) is 3.14. The molecule has 0 radical (unpaired) electrons. The van der Waals surface area contributed by atoms with E-state index in [1.165, 1.54) is 17.8 Å². The lowest BCUT2D eigenvalue weighted by molar-refractivity contribution is -0.137. The molecule has 0 aliphatic carbocycles. The van der Waals surface area contributed by atoms with Crippen molar-refractivity contribution in [1.29, 1.82) is 0 Å². The van der Waals surface area contributed by atoms with Crippen LogP contribution in [0.1, 0.15) is 24.5 Å². The van der Waals surface area contributed by atoms with Crippen LogP contribution >= 0.6 is 35.6 Å². The number of aryl methyl sites for hydroxylation is 1. The van der Waals surface area contributed by atoms with E-state index in [0.717, 1.165) is 28.3 Å². The molecule has 0 saturated carbocycles. The summed E-state index contributed by atoms with van der Waals surface area (Å²) < 4.78 is 40.1. The van der Waals surface area contributed by atoms with Crippen LogP contribution in [0, 0.1) is 6.92 Å². The lowest BCUT2D eigenvalue weighted by atomic mass is 10.1. The highest BCUT2D eigenvalue weighted by Gasteiger charge is 2.34. The molecule has 1 unspecified atom stereocenters. The summed E-state index contributed by atoms with van der Waals surface area (Å²) in [5.74, 6) is -0.528. The van der Waals surface area contributed by atoms with Gasteiger partial charge in [0.1, 0.15) is 0 Å². The molecule has 10 heteroatoms. The van der Waals surface area contributed by atoms with E-state index >= 15 is 0 Å². The van der Waals surface area contributed by atoms with Crippen LogP contribution in [0.25, 0.3) is 0 Å². The van der Waals surface area contributed by atoms with E-state index in [0.29, 0.717) is 17.2 Å². The molecule has 0 fully saturated rings. The largest absolute Gasteiger partial charge is 0.418 e. The number of benzene rings is 3. The van der Waals surface area contributed by atoms with E-state index in [1.54, 1.807) is 6.92 Å². The second-order valence-corrected chi connectivity index (χ2v) is 9.79. The van der Waals surface area contributed by atoms with Crippen molar-refractivity contribution < 1.29 is 18.0 Å². The van der Waals surface area contributed by atoms with Crippen molar-refractivity contribution >= 4 is 63.7 Å². The van der Waals surface area contributed by atoms with Crippen molar-refractivity contribution in [3.05, 3.63) is 82.9 Å². The lowest BCUT2D eigenvalue weighted by Crippen LogP contribution is -2.26. The van der Waals surface area contributed by atoms with Crippen LogP contribution < -0.4 is 16.0 Å². The first-order valence-electron chi connectivity index (χ1n) is 10.6. The first-order chi connectivity index (χ1) is 16.5. The molecular weight excluding hydrogens is 515 g/mol. The monoisotopic (exact) mass is 537 g/mol. The Bertz CT molecular complexity index is 1200. The number of carbonyl (C=O) groups excluding carboxylic acids is 1. The average Bonchev–Trinajstić information content (AvgIpc) is 2.79.